The lowest BCUT2D eigenvalue weighted by molar-refractivity contribution is -0.130. The lowest BCUT2D eigenvalue weighted by atomic mass is 9.67. The molecular weight excluding hydrogens is 160 g/mol. The summed E-state index contributed by atoms with van der Waals surface area (Å²) in [5.74, 6) is 0.567. The molecule has 80 valence electrons. The van der Waals surface area contributed by atoms with Crippen LogP contribution in [0.15, 0.2) is 0 Å². The van der Waals surface area contributed by atoms with Crippen LogP contribution in [-0.4, -0.2) is 12.7 Å². The van der Waals surface area contributed by atoms with Gasteiger partial charge in [-0.1, -0.05) is 48.0 Å². The van der Waals surface area contributed by atoms with Gasteiger partial charge in [-0.3, -0.25) is 0 Å². The van der Waals surface area contributed by atoms with Crippen LogP contribution in [0.1, 0.15) is 54.4 Å². The zero-order valence-electron chi connectivity index (χ0n) is 10.4. The Morgan fingerprint density at radius 1 is 1.15 bits per heavy atom. The molecule has 0 saturated carbocycles. The second-order valence-corrected chi connectivity index (χ2v) is 5.25. The van der Waals surface area contributed by atoms with Crippen LogP contribution in [0.4, 0.5) is 0 Å². The van der Waals surface area contributed by atoms with E-state index in [0.717, 1.165) is 6.42 Å². The third-order valence-corrected chi connectivity index (χ3v) is 3.19. The van der Waals surface area contributed by atoms with Gasteiger partial charge in [-0.05, 0) is 17.8 Å². The van der Waals surface area contributed by atoms with E-state index in [4.69, 9.17) is 4.74 Å². The van der Waals surface area contributed by atoms with Crippen LogP contribution < -0.4 is 0 Å². The molecule has 0 heterocycles. The highest BCUT2D eigenvalue weighted by Gasteiger charge is 2.43. The van der Waals surface area contributed by atoms with Gasteiger partial charge in [0, 0.05) is 7.11 Å². The maximum atomic E-state index is 5.80. The standard InChI is InChI=1S/C12H26O/c1-8-9-12(13-7,10(2)3)11(4,5)6/h10H,8-9H2,1-7H3. The van der Waals surface area contributed by atoms with Gasteiger partial charge >= 0.3 is 0 Å². The average Bonchev–Trinajstić information content (AvgIpc) is 1.96. The van der Waals surface area contributed by atoms with Crippen molar-refractivity contribution >= 4 is 0 Å². The second kappa shape index (κ2) is 4.45. The van der Waals surface area contributed by atoms with Gasteiger partial charge in [0.05, 0.1) is 5.60 Å². The van der Waals surface area contributed by atoms with E-state index < -0.39 is 0 Å². The van der Waals surface area contributed by atoms with E-state index >= 15 is 0 Å². The number of ether oxygens (including phenoxy) is 1. The number of hydrogen-bond donors (Lipinski definition) is 0. The molecule has 0 rings (SSSR count). The molecule has 0 bridgehead atoms. The molecule has 0 aromatic heterocycles. The van der Waals surface area contributed by atoms with Gasteiger partial charge in [-0.15, -0.1) is 0 Å². The van der Waals surface area contributed by atoms with Crippen LogP contribution in [0.3, 0.4) is 0 Å². The predicted molar refractivity (Wildman–Crippen MR) is 58.9 cm³/mol. The molecule has 0 radical (unpaired) electrons. The normalized spacial score (nSPS) is 17.5. The van der Waals surface area contributed by atoms with Crippen LogP contribution in [0, 0.1) is 11.3 Å². The van der Waals surface area contributed by atoms with Crippen molar-refractivity contribution in [2.45, 2.75) is 60.0 Å². The molecular formula is C12H26O. The molecule has 0 aromatic rings. The molecule has 0 spiro atoms. The van der Waals surface area contributed by atoms with Gasteiger partial charge < -0.3 is 4.74 Å². The molecule has 0 fully saturated rings. The van der Waals surface area contributed by atoms with E-state index in [-0.39, 0.29) is 11.0 Å². The van der Waals surface area contributed by atoms with E-state index in [1.165, 1.54) is 6.42 Å². The zero-order valence-corrected chi connectivity index (χ0v) is 10.4. The summed E-state index contributed by atoms with van der Waals surface area (Å²) in [5, 5.41) is 0. The van der Waals surface area contributed by atoms with Crippen molar-refractivity contribution in [2.75, 3.05) is 7.11 Å². The Bertz CT molecular complexity index is 144. The van der Waals surface area contributed by atoms with Crippen molar-refractivity contribution in [1.82, 2.24) is 0 Å². The first-order chi connectivity index (χ1) is 5.81. The van der Waals surface area contributed by atoms with Gasteiger partial charge in [0.1, 0.15) is 0 Å². The van der Waals surface area contributed by atoms with E-state index in [0.29, 0.717) is 5.92 Å². The van der Waals surface area contributed by atoms with Crippen molar-refractivity contribution in [3.8, 4) is 0 Å². The topological polar surface area (TPSA) is 9.23 Å². The maximum Gasteiger partial charge on any atom is 0.0749 e. The highest BCUT2D eigenvalue weighted by atomic mass is 16.5. The molecule has 1 unspecified atom stereocenters. The Kier molecular flexibility index (Phi) is 4.44. The largest absolute Gasteiger partial charge is 0.377 e. The van der Waals surface area contributed by atoms with E-state index in [2.05, 4.69) is 41.5 Å². The fourth-order valence-electron chi connectivity index (χ4n) is 2.55. The highest BCUT2D eigenvalue weighted by molar-refractivity contribution is 4.94. The van der Waals surface area contributed by atoms with E-state index in [9.17, 15) is 0 Å². The smallest absolute Gasteiger partial charge is 0.0749 e. The Labute approximate surface area is 83.9 Å². The fourth-order valence-corrected chi connectivity index (χ4v) is 2.55. The summed E-state index contributed by atoms with van der Waals surface area (Å²) in [6.07, 6.45) is 2.33. The number of methoxy groups -OCH3 is 1. The summed E-state index contributed by atoms with van der Waals surface area (Å²) in [6, 6.07) is 0. The summed E-state index contributed by atoms with van der Waals surface area (Å²) in [6.45, 7) is 13.5. The first-order valence-corrected chi connectivity index (χ1v) is 5.37. The van der Waals surface area contributed by atoms with Crippen molar-refractivity contribution in [2.24, 2.45) is 11.3 Å². The SMILES string of the molecule is CCCC(OC)(C(C)C)C(C)(C)C. The van der Waals surface area contributed by atoms with Crippen LogP contribution in [0.2, 0.25) is 0 Å². The van der Waals surface area contributed by atoms with Gasteiger partial charge in [0.15, 0.2) is 0 Å². The molecule has 1 heteroatoms. The molecule has 0 saturated heterocycles. The van der Waals surface area contributed by atoms with Gasteiger partial charge in [-0.2, -0.15) is 0 Å². The molecule has 0 aliphatic heterocycles. The minimum atomic E-state index is 0.0295. The van der Waals surface area contributed by atoms with Crippen LogP contribution >= 0.6 is 0 Å². The second-order valence-electron chi connectivity index (χ2n) is 5.25. The summed E-state index contributed by atoms with van der Waals surface area (Å²) in [5.41, 5.74) is 0.244. The molecule has 1 nitrogen and oxygen atoms in total. The summed E-state index contributed by atoms with van der Waals surface area (Å²) < 4.78 is 5.80. The minimum absolute atomic E-state index is 0.0295. The molecule has 0 aromatic carbocycles. The molecule has 0 amide bonds. The Hall–Kier alpha value is -0.0400. The van der Waals surface area contributed by atoms with Crippen molar-refractivity contribution in [1.29, 1.82) is 0 Å². The highest BCUT2D eigenvalue weighted by Crippen LogP contribution is 2.42. The van der Waals surface area contributed by atoms with Crippen molar-refractivity contribution in [3.63, 3.8) is 0 Å². The third kappa shape index (κ3) is 2.46. The van der Waals surface area contributed by atoms with Crippen molar-refractivity contribution in [3.05, 3.63) is 0 Å². The number of hydrogen-bond acceptors (Lipinski definition) is 1. The van der Waals surface area contributed by atoms with Crippen LogP contribution in [0.25, 0.3) is 0 Å². The first kappa shape index (κ1) is 13.0. The zero-order chi connectivity index (χ0) is 10.7. The van der Waals surface area contributed by atoms with E-state index in [1.807, 2.05) is 7.11 Å². The predicted octanol–water partition coefficient (Wildman–Crippen LogP) is 3.87. The Morgan fingerprint density at radius 2 is 1.62 bits per heavy atom. The van der Waals surface area contributed by atoms with Gasteiger partial charge in [0.25, 0.3) is 0 Å². The Balaban J connectivity index is 4.87. The number of rotatable bonds is 4. The average molecular weight is 186 g/mol. The summed E-state index contributed by atoms with van der Waals surface area (Å²) >= 11 is 0. The van der Waals surface area contributed by atoms with Gasteiger partial charge in [0.2, 0.25) is 0 Å². The van der Waals surface area contributed by atoms with Crippen LogP contribution in [-0.2, 0) is 4.74 Å². The maximum absolute atomic E-state index is 5.80. The molecule has 1 atom stereocenters. The summed E-state index contributed by atoms with van der Waals surface area (Å²) in [4.78, 5) is 0. The van der Waals surface area contributed by atoms with Gasteiger partial charge in [-0.25, -0.2) is 0 Å². The minimum Gasteiger partial charge on any atom is -0.377 e. The van der Waals surface area contributed by atoms with E-state index in [1.54, 1.807) is 0 Å². The lowest BCUT2D eigenvalue weighted by Gasteiger charge is -2.47. The lowest BCUT2D eigenvalue weighted by Crippen LogP contribution is -2.49. The quantitative estimate of drug-likeness (QED) is 0.647. The van der Waals surface area contributed by atoms with Crippen LogP contribution in [0.5, 0.6) is 0 Å². The monoisotopic (exact) mass is 186 g/mol. The third-order valence-electron chi connectivity index (χ3n) is 3.19. The fraction of sp³-hybridized carbons (Fsp3) is 1.00. The molecule has 0 aliphatic rings. The first-order valence-electron chi connectivity index (χ1n) is 5.37. The molecule has 13 heavy (non-hydrogen) atoms. The molecule has 0 aliphatic carbocycles. The Morgan fingerprint density at radius 3 is 1.69 bits per heavy atom. The summed E-state index contributed by atoms with van der Waals surface area (Å²) in [7, 11) is 1.85. The molecule has 0 N–H and O–H groups in total. The van der Waals surface area contributed by atoms with Crippen molar-refractivity contribution < 1.29 is 4.74 Å².